The molecular weight excluding hydrogens is 326 g/mol. The number of aromatic nitrogens is 1. The predicted octanol–water partition coefficient (Wildman–Crippen LogP) is 3.47. The third-order valence-electron chi connectivity index (χ3n) is 4.22. The molecule has 2 amide bonds. The predicted molar refractivity (Wildman–Crippen MR) is 104 cm³/mol. The number of nitrogens with zero attached hydrogens (tertiary/aromatic N) is 1. The van der Waals surface area contributed by atoms with Gasteiger partial charge in [-0.05, 0) is 62.9 Å². The van der Waals surface area contributed by atoms with Crippen LogP contribution in [0.1, 0.15) is 42.0 Å². The Labute approximate surface area is 155 Å². The topological polar surface area (TPSA) is 71.1 Å². The first kappa shape index (κ1) is 19.6. The second-order valence-electron chi connectivity index (χ2n) is 6.85. The highest BCUT2D eigenvalue weighted by Crippen LogP contribution is 2.22. The average Bonchev–Trinajstić information content (AvgIpc) is 2.57. The standard InChI is InChI=1S/C21H27N3O2/c1-14-11-15(2)21(16(3)12-14)24-20(26)6-5-19(25)23-17(4)13-18-7-9-22-10-8-18/h7-12,17H,5-6,13H2,1-4H3,(H,23,25)(H,24,26)/t17-/m0/s1. The molecule has 5 nitrogen and oxygen atoms in total. The minimum atomic E-state index is -0.142. The number of carbonyl (C=O) groups excluding carboxylic acids is 2. The van der Waals surface area contributed by atoms with E-state index >= 15 is 0 Å². The van der Waals surface area contributed by atoms with Gasteiger partial charge in [0.25, 0.3) is 0 Å². The monoisotopic (exact) mass is 353 g/mol. The summed E-state index contributed by atoms with van der Waals surface area (Å²) in [5.74, 6) is -0.254. The van der Waals surface area contributed by atoms with E-state index in [1.165, 1.54) is 5.56 Å². The molecule has 0 aliphatic rings. The zero-order chi connectivity index (χ0) is 19.1. The summed E-state index contributed by atoms with van der Waals surface area (Å²) in [6.45, 7) is 7.94. The molecule has 2 N–H and O–H groups in total. The van der Waals surface area contributed by atoms with E-state index in [4.69, 9.17) is 0 Å². The fourth-order valence-corrected chi connectivity index (χ4v) is 3.08. The fourth-order valence-electron chi connectivity index (χ4n) is 3.08. The lowest BCUT2D eigenvalue weighted by Gasteiger charge is -2.15. The van der Waals surface area contributed by atoms with Gasteiger partial charge in [-0.15, -0.1) is 0 Å². The van der Waals surface area contributed by atoms with Crippen molar-refractivity contribution in [2.45, 2.75) is 53.0 Å². The number of benzene rings is 1. The number of pyridine rings is 1. The minimum absolute atomic E-state index is 0.00884. The first-order valence-corrected chi connectivity index (χ1v) is 8.91. The molecule has 2 rings (SSSR count). The first-order chi connectivity index (χ1) is 12.3. The van der Waals surface area contributed by atoms with E-state index in [0.29, 0.717) is 0 Å². The number of carbonyl (C=O) groups is 2. The molecule has 0 saturated heterocycles. The van der Waals surface area contributed by atoms with Crippen LogP contribution in [0.15, 0.2) is 36.7 Å². The van der Waals surface area contributed by atoms with E-state index in [-0.39, 0.29) is 30.7 Å². The van der Waals surface area contributed by atoms with Gasteiger partial charge in [0, 0.05) is 37.0 Å². The quantitative estimate of drug-likeness (QED) is 0.801. The molecule has 0 radical (unpaired) electrons. The zero-order valence-electron chi connectivity index (χ0n) is 15.9. The first-order valence-electron chi connectivity index (χ1n) is 8.91. The molecule has 0 unspecified atom stereocenters. The van der Waals surface area contributed by atoms with Crippen LogP contribution in [-0.2, 0) is 16.0 Å². The van der Waals surface area contributed by atoms with Crippen molar-refractivity contribution in [1.29, 1.82) is 0 Å². The van der Waals surface area contributed by atoms with E-state index in [1.807, 2.05) is 52.0 Å². The van der Waals surface area contributed by atoms with Gasteiger partial charge in [-0.3, -0.25) is 14.6 Å². The van der Waals surface area contributed by atoms with Gasteiger partial charge in [0.1, 0.15) is 0 Å². The Bertz CT molecular complexity index is 749. The summed E-state index contributed by atoms with van der Waals surface area (Å²) in [7, 11) is 0. The number of nitrogens with one attached hydrogen (secondary N) is 2. The Hall–Kier alpha value is -2.69. The summed E-state index contributed by atoms with van der Waals surface area (Å²) in [4.78, 5) is 28.2. The second-order valence-corrected chi connectivity index (χ2v) is 6.85. The molecule has 1 atom stereocenters. The zero-order valence-corrected chi connectivity index (χ0v) is 15.9. The van der Waals surface area contributed by atoms with Gasteiger partial charge in [-0.25, -0.2) is 0 Å². The van der Waals surface area contributed by atoms with Crippen molar-refractivity contribution in [2.75, 3.05) is 5.32 Å². The van der Waals surface area contributed by atoms with Crippen molar-refractivity contribution < 1.29 is 9.59 Å². The van der Waals surface area contributed by atoms with Gasteiger partial charge in [0.2, 0.25) is 11.8 Å². The van der Waals surface area contributed by atoms with E-state index in [0.717, 1.165) is 28.8 Å². The van der Waals surface area contributed by atoms with Gasteiger partial charge in [0.15, 0.2) is 0 Å². The fraction of sp³-hybridized carbons (Fsp3) is 0.381. The van der Waals surface area contributed by atoms with E-state index in [2.05, 4.69) is 15.6 Å². The Morgan fingerprint density at radius 2 is 1.58 bits per heavy atom. The minimum Gasteiger partial charge on any atom is -0.353 e. The molecule has 1 heterocycles. The Morgan fingerprint density at radius 1 is 1.00 bits per heavy atom. The molecule has 1 aromatic carbocycles. The third-order valence-corrected chi connectivity index (χ3v) is 4.22. The number of hydrogen-bond donors (Lipinski definition) is 2. The molecule has 5 heteroatoms. The smallest absolute Gasteiger partial charge is 0.224 e. The maximum Gasteiger partial charge on any atom is 0.224 e. The molecular formula is C21H27N3O2. The third kappa shape index (κ3) is 5.99. The van der Waals surface area contributed by atoms with Crippen molar-refractivity contribution in [1.82, 2.24) is 10.3 Å². The molecule has 2 aromatic rings. The highest BCUT2D eigenvalue weighted by atomic mass is 16.2. The van der Waals surface area contributed by atoms with Crippen LogP contribution in [0.5, 0.6) is 0 Å². The Balaban J connectivity index is 1.79. The maximum absolute atomic E-state index is 12.2. The van der Waals surface area contributed by atoms with Crippen molar-refractivity contribution in [3.05, 3.63) is 58.9 Å². The molecule has 0 saturated carbocycles. The highest BCUT2D eigenvalue weighted by molar-refractivity contribution is 5.94. The molecule has 0 fully saturated rings. The SMILES string of the molecule is Cc1cc(C)c(NC(=O)CCC(=O)N[C@@H](C)Cc2ccncc2)c(C)c1. The molecule has 1 aromatic heterocycles. The summed E-state index contributed by atoms with van der Waals surface area (Å²) in [6, 6.07) is 7.95. The molecule has 26 heavy (non-hydrogen) atoms. The van der Waals surface area contributed by atoms with Crippen LogP contribution in [0.4, 0.5) is 5.69 Å². The summed E-state index contributed by atoms with van der Waals surface area (Å²) < 4.78 is 0. The highest BCUT2D eigenvalue weighted by Gasteiger charge is 2.12. The number of rotatable bonds is 7. The second kappa shape index (κ2) is 9.13. The van der Waals surface area contributed by atoms with E-state index in [9.17, 15) is 9.59 Å². The largest absolute Gasteiger partial charge is 0.353 e. The van der Waals surface area contributed by atoms with Crippen molar-refractivity contribution in [2.24, 2.45) is 0 Å². The van der Waals surface area contributed by atoms with Gasteiger partial charge in [0.05, 0.1) is 0 Å². The van der Waals surface area contributed by atoms with Gasteiger partial charge in [-0.1, -0.05) is 17.7 Å². The summed E-state index contributed by atoms with van der Waals surface area (Å²) in [6.07, 6.45) is 4.56. The molecule has 0 spiro atoms. The number of amides is 2. The average molecular weight is 353 g/mol. The van der Waals surface area contributed by atoms with Crippen LogP contribution in [0.2, 0.25) is 0 Å². The van der Waals surface area contributed by atoms with Crippen molar-refractivity contribution in [3.8, 4) is 0 Å². The number of hydrogen-bond acceptors (Lipinski definition) is 3. The van der Waals surface area contributed by atoms with Crippen LogP contribution < -0.4 is 10.6 Å². The van der Waals surface area contributed by atoms with Crippen LogP contribution >= 0.6 is 0 Å². The van der Waals surface area contributed by atoms with Crippen LogP contribution in [0.3, 0.4) is 0 Å². The summed E-state index contributed by atoms with van der Waals surface area (Å²) in [5.41, 5.74) is 5.20. The lowest BCUT2D eigenvalue weighted by Crippen LogP contribution is -2.34. The summed E-state index contributed by atoms with van der Waals surface area (Å²) >= 11 is 0. The van der Waals surface area contributed by atoms with Crippen molar-refractivity contribution in [3.63, 3.8) is 0 Å². The van der Waals surface area contributed by atoms with Crippen LogP contribution in [-0.4, -0.2) is 22.8 Å². The van der Waals surface area contributed by atoms with Crippen molar-refractivity contribution >= 4 is 17.5 Å². The molecule has 138 valence electrons. The van der Waals surface area contributed by atoms with Crippen LogP contribution in [0, 0.1) is 20.8 Å². The molecule has 0 bridgehead atoms. The lowest BCUT2D eigenvalue weighted by molar-refractivity contribution is -0.124. The maximum atomic E-state index is 12.2. The Kier molecular flexibility index (Phi) is 6.89. The van der Waals surface area contributed by atoms with Crippen LogP contribution in [0.25, 0.3) is 0 Å². The molecule has 0 aliphatic heterocycles. The van der Waals surface area contributed by atoms with E-state index in [1.54, 1.807) is 12.4 Å². The normalized spacial score (nSPS) is 11.7. The van der Waals surface area contributed by atoms with Gasteiger partial charge >= 0.3 is 0 Å². The summed E-state index contributed by atoms with van der Waals surface area (Å²) in [5, 5.41) is 5.87. The number of anilines is 1. The Morgan fingerprint density at radius 3 is 2.19 bits per heavy atom. The van der Waals surface area contributed by atoms with E-state index < -0.39 is 0 Å². The molecule has 0 aliphatic carbocycles. The number of aryl methyl sites for hydroxylation is 3. The lowest BCUT2D eigenvalue weighted by atomic mass is 10.0. The van der Waals surface area contributed by atoms with Gasteiger partial charge < -0.3 is 10.6 Å². The van der Waals surface area contributed by atoms with Gasteiger partial charge in [-0.2, -0.15) is 0 Å².